The van der Waals surface area contributed by atoms with Gasteiger partial charge in [0.1, 0.15) is 5.82 Å². The number of halogens is 2. The minimum Gasteiger partial charge on any atom is -0.481 e. The second-order valence-corrected chi connectivity index (χ2v) is 5.55. The van der Waals surface area contributed by atoms with E-state index in [9.17, 15) is 9.18 Å². The summed E-state index contributed by atoms with van der Waals surface area (Å²) >= 11 is 6.07. The monoisotopic (exact) mass is 317 g/mol. The van der Waals surface area contributed by atoms with Crippen LogP contribution in [0.2, 0.25) is 5.02 Å². The number of carboxylic acid groups (broad SMARTS) is 1. The van der Waals surface area contributed by atoms with Crippen LogP contribution in [0.5, 0.6) is 0 Å². The van der Waals surface area contributed by atoms with Gasteiger partial charge in [-0.05, 0) is 40.8 Å². The fourth-order valence-electron chi connectivity index (χ4n) is 2.49. The Labute approximate surface area is 131 Å². The zero-order valence-electron chi connectivity index (χ0n) is 11.6. The van der Waals surface area contributed by atoms with E-state index in [0.29, 0.717) is 11.6 Å². The van der Waals surface area contributed by atoms with Crippen molar-refractivity contribution in [3.8, 4) is 0 Å². The van der Waals surface area contributed by atoms with Crippen LogP contribution >= 0.6 is 11.6 Å². The topological polar surface area (TPSA) is 42.2 Å². The summed E-state index contributed by atoms with van der Waals surface area (Å²) < 4.78 is 15.1. The lowest BCUT2D eigenvalue weighted by atomic mass is 10.1. The van der Waals surface area contributed by atoms with E-state index in [4.69, 9.17) is 16.7 Å². The molecule has 1 aromatic heterocycles. The van der Waals surface area contributed by atoms with E-state index < -0.39 is 5.97 Å². The molecule has 0 fully saturated rings. The lowest BCUT2D eigenvalue weighted by Gasteiger charge is -2.08. The van der Waals surface area contributed by atoms with Crippen molar-refractivity contribution in [2.45, 2.75) is 13.0 Å². The number of hydrogen-bond donors (Lipinski definition) is 1. The summed E-state index contributed by atoms with van der Waals surface area (Å²) in [5.74, 6) is -1.23. The van der Waals surface area contributed by atoms with Crippen LogP contribution in [-0.4, -0.2) is 15.6 Å². The van der Waals surface area contributed by atoms with Crippen LogP contribution in [-0.2, 0) is 17.8 Å². The molecule has 0 spiro atoms. The summed E-state index contributed by atoms with van der Waals surface area (Å²) in [4.78, 5) is 10.8. The molecule has 3 aromatic rings. The maximum atomic E-state index is 13.1. The van der Waals surface area contributed by atoms with Crippen LogP contribution in [0.15, 0.2) is 48.7 Å². The van der Waals surface area contributed by atoms with Crippen LogP contribution in [0.4, 0.5) is 4.39 Å². The van der Waals surface area contributed by atoms with E-state index in [-0.39, 0.29) is 12.2 Å². The SMILES string of the molecule is O=C(O)Cc1ccc2ccn(Cc3ccc(F)cc3Cl)c2c1. The number of nitrogens with zero attached hydrogens (tertiary/aromatic N) is 1. The Hall–Kier alpha value is -2.33. The van der Waals surface area contributed by atoms with E-state index in [2.05, 4.69) is 0 Å². The molecular formula is C17H13ClFNO2. The summed E-state index contributed by atoms with van der Waals surface area (Å²) in [5.41, 5.74) is 2.48. The summed E-state index contributed by atoms with van der Waals surface area (Å²) in [6, 6.07) is 11.9. The zero-order valence-corrected chi connectivity index (χ0v) is 12.3. The molecule has 0 unspecified atom stereocenters. The molecule has 1 heterocycles. The molecule has 22 heavy (non-hydrogen) atoms. The van der Waals surface area contributed by atoms with Crippen LogP contribution in [0.3, 0.4) is 0 Å². The number of hydrogen-bond acceptors (Lipinski definition) is 1. The van der Waals surface area contributed by atoms with Crippen LogP contribution in [0, 0.1) is 5.82 Å². The Kier molecular flexibility index (Phi) is 3.86. The van der Waals surface area contributed by atoms with Gasteiger partial charge in [-0.25, -0.2) is 4.39 Å². The van der Waals surface area contributed by atoms with Crippen molar-refractivity contribution in [1.82, 2.24) is 4.57 Å². The number of fused-ring (bicyclic) bond motifs is 1. The number of benzene rings is 2. The summed E-state index contributed by atoms with van der Waals surface area (Å²) in [5, 5.41) is 10.3. The van der Waals surface area contributed by atoms with E-state index >= 15 is 0 Å². The van der Waals surface area contributed by atoms with Crippen molar-refractivity contribution >= 4 is 28.5 Å². The molecule has 0 saturated carbocycles. The van der Waals surface area contributed by atoms with Gasteiger partial charge >= 0.3 is 5.97 Å². The average molecular weight is 318 g/mol. The Morgan fingerprint density at radius 2 is 2.00 bits per heavy atom. The molecule has 3 nitrogen and oxygen atoms in total. The normalized spacial score (nSPS) is 11.0. The largest absolute Gasteiger partial charge is 0.481 e. The molecule has 1 N–H and O–H groups in total. The van der Waals surface area contributed by atoms with Crippen molar-refractivity contribution in [1.29, 1.82) is 0 Å². The molecule has 112 valence electrons. The third-order valence-corrected chi connectivity index (χ3v) is 3.90. The van der Waals surface area contributed by atoms with Gasteiger partial charge in [0, 0.05) is 23.3 Å². The molecule has 2 aromatic carbocycles. The summed E-state index contributed by atoms with van der Waals surface area (Å²) in [7, 11) is 0. The molecular weight excluding hydrogens is 305 g/mol. The van der Waals surface area contributed by atoms with Crippen LogP contribution in [0.1, 0.15) is 11.1 Å². The van der Waals surface area contributed by atoms with Crippen LogP contribution < -0.4 is 0 Å². The first-order chi connectivity index (χ1) is 10.5. The first-order valence-electron chi connectivity index (χ1n) is 6.76. The Morgan fingerprint density at radius 1 is 1.18 bits per heavy atom. The molecule has 0 bridgehead atoms. The van der Waals surface area contributed by atoms with Gasteiger partial charge in [0.15, 0.2) is 0 Å². The molecule has 5 heteroatoms. The van der Waals surface area contributed by atoms with E-state index in [1.165, 1.54) is 12.1 Å². The number of carbonyl (C=O) groups is 1. The van der Waals surface area contributed by atoms with E-state index in [1.54, 1.807) is 6.07 Å². The van der Waals surface area contributed by atoms with Gasteiger partial charge < -0.3 is 9.67 Å². The number of rotatable bonds is 4. The number of aromatic nitrogens is 1. The third-order valence-electron chi connectivity index (χ3n) is 3.55. The highest BCUT2D eigenvalue weighted by Crippen LogP contribution is 2.23. The maximum absolute atomic E-state index is 13.1. The molecule has 0 amide bonds. The fraction of sp³-hybridized carbons (Fsp3) is 0.118. The summed E-state index contributed by atoms with van der Waals surface area (Å²) in [6.45, 7) is 0.499. The van der Waals surface area contributed by atoms with E-state index in [1.807, 2.05) is 35.0 Å². The van der Waals surface area contributed by atoms with Crippen molar-refractivity contribution in [2.75, 3.05) is 0 Å². The zero-order chi connectivity index (χ0) is 15.7. The quantitative estimate of drug-likeness (QED) is 0.787. The first-order valence-corrected chi connectivity index (χ1v) is 7.14. The molecule has 0 aliphatic carbocycles. The lowest BCUT2D eigenvalue weighted by Crippen LogP contribution is -2.02. The summed E-state index contributed by atoms with van der Waals surface area (Å²) in [6.07, 6.45) is 1.90. The molecule has 0 atom stereocenters. The third kappa shape index (κ3) is 2.97. The predicted molar refractivity (Wildman–Crippen MR) is 83.8 cm³/mol. The molecule has 3 rings (SSSR count). The van der Waals surface area contributed by atoms with Gasteiger partial charge in [0.25, 0.3) is 0 Å². The highest BCUT2D eigenvalue weighted by molar-refractivity contribution is 6.31. The number of aliphatic carboxylic acids is 1. The van der Waals surface area contributed by atoms with Crippen LogP contribution in [0.25, 0.3) is 10.9 Å². The second kappa shape index (κ2) is 5.81. The molecule has 0 aliphatic heterocycles. The Morgan fingerprint density at radius 3 is 2.73 bits per heavy atom. The first kappa shape index (κ1) is 14.6. The van der Waals surface area contributed by atoms with Crippen molar-refractivity contribution in [3.05, 3.63) is 70.6 Å². The highest BCUT2D eigenvalue weighted by Gasteiger charge is 2.08. The smallest absolute Gasteiger partial charge is 0.307 e. The van der Waals surface area contributed by atoms with Gasteiger partial charge in [-0.3, -0.25) is 4.79 Å². The fourth-order valence-corrected chi connectivity index (χ4v) is 2.71. The van der Waals surface area contributed by atoms with Crippen molar-refractivity contribution in [2.24, 2.45) is 0 Å². The number of carboxylic acids is 1. The Bertz CT molecular complexity index is 857. The second-order valence-electron chi connectivity index (χ2n) is 5.14. The predicted octanol–water partition coefficient (Wildman–Crippen LogP) is 4.11. The lowest BCUT2D eigenvalue weighted by molar-refractivity contribution is -0.136. The Balaban J connectivity index is 1.97. The minimum absolute atomic E-state index is 0.0155. The highest BCUT2D eigenvalue weighted by atomic mass is 35.5. The average Bonchev–Trinajstić information content (AvgIpc) is 2.84. The van der Waals surface area contributed by atoms with Gasteiger partial charge in [-0.2, -0.15) is 0 Å². The van der Waals surface area contributed by atoms with Crippen molar-refractivity contribution in [3.63, 3.8) is 0 Å². The maximum Gasteiger partial charge on any atom is 0.307 e. The standard InChI is InChI=1S/C17H13ClFNO2/c18-15-9-14(19)4-3-13(15)10-20-6-5-12-2-1-11(7-16(12)20)8-17(21)22/h1-7,9H,8,10H2,(H,21,22). The minimum atomic E-state index is -0.862. The van der Waals surface area contributed by atoms with Gasteiger partial charge in [-0.1, -0.05) is 29.8 Å². The van der Waals surface area contributed by atoms with Gasteiger partial charge in [0.2, 0.25) is 0 Å². The van der Waals surface area contributed by atoms with Gasteiger partial charge in [-0.15, -0.1) is 0 Å². The van der Waals surface area contributed by atoms with Gasteiger partial charge in [0.05, 0.1) is 6.42 Å². The molecule has 0 saturated heterocycles. The molecule has 0 radical (unpaired) electrons. The van der Waals surface area contributed by atoms with Crippen molar-refractivity contribution < 1.29 is 14.3 Å². The molecule has 0 aliphatic rings. The van der Waals surface area contributed by atoms with E-state index in [0.717, 1.165) is 22.0 Å².